The Morgan fingerprint density at radius 3 is 2.42 bits per heavy atom. The molecule has 1 aliphatic rings. The standard InChI is InChI=1S/C20H16N2O4/c23-19(26-18-11-12-25-20(18)24)17-13-16(14-7-3-1-4-8-14)21-22(17)15-9-5-2-6-10-15/h1-10,13,18H,11-12H2/t18-/m1/s1. The molecule has 0 saturated carbocycles. The van der Waals surface area contributed by atoms with Gasteiger partial charge in [-0.3, -0.25) is 0 Å². The molecule has 26 heavy (non-hydrogen) atoms. The summed E-state index contributed by atoms with van der Waals surface area (Å²) in [4.78, 5) is 24.3. The van der Waals surface area contributed by atoms with Crippen LogP contribution in [0.1, 0.15) is 16.9 Å². The molecule has 1 fully saturated rings. The fourth-order valence-electron chi connectivity index (χ4n) is 2.82. The summed E-state index contributed by atoms with van der Waals surface area (Å²) in [6.45, 7) is 0.268. The molecule has 130 valence electrons. The van der Waals surface area contributed by atoms with Gasteiger partial charge in [-0.25, -0.2) is 14.3 Å². The number of nitrogens with zero attached hydrogens (tertiary/aromatic N) is 2. The first-order valence-corrected chi connectivity index (χ1v) is 8.31. The van der Waals surface area contributed by atoms with E-state index in [1.165, 1.54) is 4.68 Å². The van der Waals surface area contributed by atoms with Crippen LogP contribution in [-0.2, 0) is 14.3 Å². The summed E-state index contributed by atoms with van der Waals surface area (Å²) >= 11 is 0. The number of aromatic nitrogens is 2. The van der Waals surface area contributed by atoms with E-state index in [1.807, 2.05) is 60.7 Å². The summed E-state index contributed by atoms with van der Waals surface area (Å²) in [6, 6.07) is 20.5. The van der Waals surface area contributed by atoms with E-state index < -0.39 is 18.0 Å². The predicted molar refractivity (Wildman–Crippen MR) is 93.8 cm³/mol. The van der Waals surface area contributed by atoms with Crippen molar-refractivity contribution in [2.75, 3.05) is 6.61 Å². The lowest BCUT2D eigenvalue weighted by atomic mass is 10.1. The van der Waals surface area contributed by atoms with Crippen LogP contribution in [0.4, 0.5) is 0 Å². The van der Waals surface area contributed by atoms with E-state index in [0.29, 0.717) is 12.1 Å². The van der Waals surface area contributed by atoms with Crippen molar-refractivity contribution in [1.29, 1.82) is 0 Å². The summed E-state index contributed by atoms with van der Waals surface area (Å²) in [5.74, 6) is -1.11. The van der Waals surface area contributed by atoms with Crippen LogP contribution in [0.3, 0.4) is 0 Å². The fraction of sp³-hybridized carbons (Fsp3) is 0.150. The van der Waals surface area contributed by atoms with Crippen molar-refractivity contribution in [1.82, 2.24) is 9.78 Å². The Balaban J connectivity index is 1.73. The van der Waals surface area contributed by atoms with Crippen LogP contribution >= 0.6 is 0 Å². The zero-order valence-corrected chi connectivity index (χ0v) is 13.9. The smallest absolute Gasteiger partial charge is 0.357 e. The summed E-state index contributed by atoms with van der Waals surface area (Å²) < 4.78 is 11.7. The van der Waals surface area contributed by atoms with Gasteiger partial charge >= 0.3 is 11.9 Å². The molecule has 6 heteroatoms. The lowest BCUT2D eigenvalue weighted by molar-refractivity contribution is -0.145. The second-order valence-corrected chi connectivity index (χ2v) is 5.88. The Morgan fingerprint density at radius 1 is 1.08 bits per heavy atom. The number of carbonyl (C=O) groups excluding carboxylic acids is 2. The van der Waals surface area contributed by atoms with Gasteiger partial charge in [0.15, 0.2) is 5.69 Å². The van der Waals surface area contributed by atoms with Crippen molar-refractivity contribution in [3.05, 3.63) is 72.4 Å². The Bertz CT molecular complexity index is 935. The Labute approximate surface area is 150 Å². The molecule has 0 amide bonds. The third-order valence-corrected chi connectivity index (χ3v) is 4.13. The van der Waals surface area contributed by atoms with Gasteiger partial charge in [0, 0.05) is 12.0 Å². The van der Waals surface area contributed by atoms with Crippen LogP contribution in [0.15, 0.2) is 66.7 Å². The minimum atomic E-state index is -0.859. The van der Waals surface area contributed by atoms with Crippen molar-refractivity contribution in [3.63, 3.8) is 0 Å². The van der Waals surface area contributed by atoms with Gasteiger partial charge in [-0.15, -0.1) is 0 Å². The van der Waals surface area contributed by atoms with Crippen LogP contribution in [-0.4, -0.2) is 34.4 Å². The average molecular weight is 348 g/mol. The van der Waals surface area contributed by atoms with Crippen molar-refractivity contribution >= 4 is 11.9 Å². The minimum Gasteiger partial charge on any atom is -0.463 e. The highest BCUT2D eigenvalue weighted by atomic mass is 16.6. The maximum atomic E-state index is 12.7. The summed E-state index contributed by atoms with van der Waals surface area (Å²) in [5, 5.41) is 4.57. The topological polar surface area (TPSA) is 70.4 Å². The van der Waals surface area contributed by atoms with Crippen LogP contribution in [0.2, 0.25) is 0 Å². The second-order valence-electron chi connectivity index (χ2n) is 5.88. The van der Waals surface area contributed by atoms with Crippen molar-refractivity contribution in [2.45, 2.75) is 12.5 Å². The number of carbonyl (C=O) groups is 2. The van der Waals surface area contributed by atoms with E-state index in [2.05, 4.69) is 5.10 Å². The Morgan fingerprint density at radius 2 is 1.77 bits per heavy atom. The lowest BCUT2D eigenvalue weighted by Crippen LogP contribution is -2.24. The van der Waals surface area contributed by atoms with Crippen molar-refractivity contribution < 1.29 is 19.1 Å². The predicted octanol–water partition coefficient (Wildman–Crippen LogP) is 3.01. The van der Waals surface area contributed by atoms with E-state index >= 15 is 0 Å². The molecule has 3 aromatic rings. The first kappa shape index (κ1) is 16.1. The quantitative estimate of drug-likeness (QED) is 0.678. The highest BCUT2D eigenvalue weighted by Crippen LogP contribution is 2.23. The molecule has 2 aromatic carbocycles. The maximum Gasteiger partial charge on any atom is 0.357 e. The SMILES string of the molecule is O=C(O[C@@H]1CCOC1=O)c1cc(-c2ccccc2)nn1-c1ccccc1. The third-order valence-electron chi connectivity index (χ3n) is 4.13. The second kappa shape index (κ2) is 6.84. The number of esters is 2. The van der Waals surface area contributed by atoms with Gasteiger partial charge < -0.3 is 9.47 Å². The molecule has 0 unspecified atom stereocenters. The van der Waals surface area contributed by atoms with Gasteiger partial charge in [-0.05, 0) is 18.2 Å². The molecule has 0 radical (unpaired) electrons. The van der Waals surface area contributed by atoms with Gasteiger partial charge in [0.05, 0.1) is 18.0 Å². The van der Waals surface area contributed by atoms with Gasteiger partial charge in [0.2, 0.25) is 6.10 Å². The van der Waals surface area contributed by atoms with E-state index in [-0.39, 0.29) is 12.3 Å². The van der Waals surface area contributed by atoms with Gasteiger partial charge in [-0.2, -0.15) is 5.10 Å². The monoisotopic (exact) mass is 348 g/mol. The summed E-state index contributed by atoms with van der Waals surface area (Å²) in [7, 11) is 0. The van der Waals surface area contributed by atoms with Crippen LogP contribution in [0.5, 0.6) is 0 Å². The first-order chi connectivity index (χ1) is 12.7. The molecule has 0 bridgehead atoms. The Hall–Kier alpha value is -3.41. The highest BCUT2D eigenvalue weighted by molar-refractivity contribution is 5.92. The molecule has 0 spiro atoms. The zero-order valence-electron chi connectivity index (χ0n) is 13.9. The molecule has 6 nitrogen and oxygen atoms in total. The lowest BCUT2D eigenvalue weighted by Gasteiger charge is -2.10. The Kier molecular flexibility index (Phi) is 4.23. The average Bonchev–Trinajstić information content (AvgIpc) is 3.30. The number of hydrogen-bond donors (Lipinski definition) is 0. The minimum absolute atomic E-state index is 0.259. The van der Waals surface area contributed by atoms with E-state index in [1.54, 1.807) is 6.07 Å². The third kappa shape index (κ3) is 3.09. The van der Waals surface area contributed by atoms with Gasteiger partial charge in [0.25, 0.3) is 0 Å². The largest absolute Gasteiger partial charge is 0.463 e. The molecule has 0 aliphatic carbocycles. The van der Waals surface area contributed by atoms with Crippen molar-refractivity contribution in [3.8, 4) is 16.9 Å². The molecule has 1 saturated heterocycles. The van der Waals surface area contributed by atoms with Crippen LogP contribution in [0, 0.1) is 0 Å². The maximum absolute atomic E-state index is 12.7. The normalized spacial score (nSPS) is 16.3. The van der Waals surface area contributed by atoms with E-state index in [0.717, 1.165) is 11.3 Å². The van der Waals surface area contributed by atoms with Crippen molar-refractivity contribution in [2.24, 2.45) is 0 Å². The fourth-order valence-corrected chi connectivity index (χ4v) is 2.82. The summed E-state index contributed by atoms with van der Waals surface area (Å²) in [5.41, 5.74) is 2.53. The molecule has 2 heterocycles. The molecular weight excluding hydrogens is 332 g/mol. The van der Waals surface area contributed by atoms with Crippen LogP contribution in [0.25, 0.3) is 16.9 Å². The molecule has 1 atom stereocenters. The molecule has 4 rings (SSSR count). The number of para-hydroxylation sites is 1. The summed E-state index contributed by atoms with van der Waals surface area (Å²) in [6.07, 6.45) is -0.489. The number of hydrogen-bond acceptors (Lipinski definition) is 5. The van der Waals surface area contributed by atoms with E-state index in [9.17, 15) is 9.59 Å². The zero-order chi connectivity index (χ0) is 17.9. The van der Waals surface area contributed by atoms with Gasteiger partial charge in [-0.1, -0.05) is 48.5 Å². The number of benzene rings is 2. The first-order valence-electron chi connectivity index (χ1n) is 8.31. The number of ether oxygens (including phenoxy) is 2. The molecule has 1 aliphatic heterocycles. The number of rotatable bonds is 4. The van der Waals surface area contributed by atoms with Crippen LogP contribution < -0.4 is 0 Å². The molecular formula is C20H16N2O4. The van der Waals surface area contributed by atoms with Gasteiger partial charge in [0.1, 0.15) is 0 Å². The molecule has 1 aromatic heterocycles. The van der Waals surface area contributed by atoms with E-state index in [4.69, 9.17) is 9.47 Å². The molecule has 0 N–H and O–H groups in total. The number of cyclic esters (lactones) is 1. The highest BCUT2D eigenvalue weighted by Gasteiger charge is 2.32.